The molecule has 0 saturated heterocycles. The molecule has 0 spiro atoms. The van der Waals surface area contributed by atoms with Crippen molar-refractivity contribution in [1.29, 1.82) is 0 Å². The van der Waals surface area contributed by atoms with Crippen LogP contribution in [-0.4, -0.2) is 14.5 Å². The predicted molar refractivity (Wildman–Crippen MR) is 99.1 cm³/mol. The van der Waals surface area contributed by atoms with Gasteiger partial charge in [0.05, 0.1) is 7.05 Å². The monoisotopic (exact) mass is 465 g/mol. The molecule has 1 aromatic heterocycles. The topological polar surface area (TPSA) is 70.2 Å². The van der Waals surface area contributed by atoms with Gasteiger partial charge < -0.3 is 14.9 Å². The van der Waals surface area contributed by atoms with Crippen molar-refractivity contribution >= 4 is 75.4 Å². The van der Waals surface area contributed by atoms with E-state index in [1.807, 2.05) is 0 Å². The first-order valence-electron chi connectivity index (χ1n) is 6.47. The van der Waals surface area contributed by atoms with Crippen LogP contribution in [0.25, 0.3) is 0 Å². The predicted octanol–water partition coefficient (Wildman–Crippen LogP) is 5.56. The lowest BCUT2D eigenvalue weighted by molar-refractivity contribution is -0.391. The van der Waals surface area contributed by atoms with Gasteiger partial charge in [-0.25, -0.2) is 9.55 Å². The van der Waals surface area contributed by atoms with Crippen LogP contribution in [0.5, 0.6) is 5.75 Å². The Bertz CT molecular complexity index is 765. The van der Waals surface area contributed by atoms with Crippen molar-refractivity contribution in [2.75, 3.05) is 0 Å². The molecule has 2 rings (SSSR count). The Morgan fingerprint density at radius 3 is 2.04 bits per heavy atom. The van der Waals surface area contributed by atoms with E-state index in [4.69, 9.17) is 74.3 Å². The number of imidazole rings is 1. The molecule has 136 valence electrons. The van der Waals surface area contributed by atoms with Crippen LogP contribution >= 0.6 is 69.6 Å². The molecule has 0 unspecified atom stereocenters. The van der Waals surface area contributed by atoms with E-state index in [2.05, 4.69) is 4.98 Å². The maximum absolute atomic E-state index is 10.8. The van der Waals surface area contributed by atoms with Crippen molar-refractivity contribution in [3.63, 3.8) is 0 Å². The van der Waals surface area contributed by atoms with Crippen LogP contribution in [-0.2, 0) is 21.2 Å². The molecule has 1 aromatic carbocycles. The van der Waals surface area contributed by atoms with Crippen molar-refractivity contribution in [3.8, 4) is 5.75 Å². The third-order valence-corrected chi connectivity index (χ3v) is 4.49. The molecular weight excluding hydrogens is 459 g/mol. The maximum atomic E-state index is 10.8. The third-order valence-electron chi connectivity index (χ3n) is 3.18. The molecule has 0 N–H and O–H groups in total. The maximum Gasteiger partial charge on any atom is 0.342 e. The summed E-state index contributed by atoms with van der Waals surface area (Å²) in [5.74, 6) is 0.396. The highest BCUT2D eigenvalue weighted by molar-refractivity contribution is 6.67. The number of hydrogen-bond acceptors (Lipinski definition) is 4. The van der Waals surface area contributed by atoms with E-state index in [0.717, 1.165) is 6.20 Å². The van der Waals surface area contributed by atoms with Crippen molar-refractivity contribution < 1.29 is 9.66 Å². The van der Waals surface area contributed by atoms with E-state index in [-0.39, 0.29) is 29.3 Å². The molecule has 1 heterocycles. The van der Waals surface area contributed by atoms with Crippen molar-refractivity contribution in [2.45, 2.75) is 14.2 Å². The van der Waals surface area contributed by atoms with Gasteiger partial charge in [-0.1, -0.05) is 69.6 Å². The Hall–Kier alpha value is -0.630. The summed E-state index contributed by atoms with van der Waals surface area (Å²) in [7, 11) is 1.49. The largest absolute Gasteiger partial charge is 0.483 e. The summed E-state index contributed by atoms with van der Waals surface area (Å²) in [6.07, 6.45) is 1.13. The molecule has 12 heteroatoms. The Labute approximate surface area is 172 Å². The van der Waals surface area contributed by atoms with Gasteiger partial charge in [0.2, 0.25) is 13.4 Å². The Morgan fingerprint density at radius 1 is 1.12 bits per heavy atom. The van der Waals surface area contributed by atoms with Gasteiger partial charge in [0, 0.05) is 11.1 Å². The van der Waals surface area contributed by atoms with E-state index in [0.29, 0.717) is 5.82 Å². The molecular formula is C13H9Cl6N3O3. The van der Waals surface area contributed by atoms with Crippen LogP contribution in [0.3, 0.4) is 0 Å². The molecule has 0 aliphatic carbocycles. The van der Waals surface area contributed by atoms with Gasteiger partial charge in [-0.3, -0.25) is 0 Å². The Kier molecular flexibility index (Phi) is 6.24. The first-order chi connectivity index (χ1) is 11.4. The summed E-state index contributed by atoms with van der Waals surface area (Å²) in [6.45, 7) is -0.0764. The lowest BCUT2D eigenvalue weighted by Crippen LogP contribution is -2.09. The van der Waals surface area contributed by atoms with E-state index in [1.165, 1.54) is 29.8 Å². The van der Waals surface area contributed by atoms with Gasteiger partial charge in [0.25, 0.3) is 0 Å². The molecule has 0 saturated carbocycles. The van der Waals surface area contributed by atoms with Gasteiger partial charge in [-0.2, -0.15) is 0 Å². The zero-order valence-electron chi connectivity index (χ0n) is 12.4. The molecule has 2 aromatic rings. The van der Waals surface area contributed by atoms with Crippen LogP contribution in [0.15, 0.2) is 24.4 Å². The second kappa shape index (κ2) is 7.55. The highest BCUT2D eigenvalue weighted by Gasteiger charge is 2.30. The average Bonchev–Trinajstić information content (AvgIpc) is 2.84. The molecule has 0 aliphatic heterocycles. The highest BCUT2D eigenvalue weighted by atomic mass is 35.6. The minimum Gasteiger partial charge on any atom is -0.483 e. The molecule has 0 atom stereocenters. The zero-order chi connectivity index (χ0) is 19.0. The molecule has 0 fully saturated rings. The quantitative estimate of drug-likeness (QED) is 0.335. The van der Waals surface area contributed by atoms with Crippen molar-refractivity contribution in [1.82, 2.24) is 9.55 Å². The average molecular weight is 468 g/mol. The van der Waals surface area contributed by atoms with E-state index in [1.54, 1.807) is 0 Å². The Morgan fingerprint density at radius 2 is 1.64 bits per heavy atom. The molecule has 0 radical (unpaired) electrons. The van der Waals surface area contributed by atoms with Gasteiger partial charge in [0.1, 0.15) is 11.9 Å². The number of halogens is 6. The number of benzene rings is 1. The van der Waals surface area contributed by atoms with Crippen LogP contribution in [0.2, 0.25) is 0 Å². The lowest BCUT2D eigenvalue weighted by Gasteiger charge is -2.18. The third kappa shape index (κ3) is 5.18. The molecule has 0 aliphatic rings. The van der Waals surface area contributed by atoms with Gasteiger partial charge >= 0.3 is 5.82 Å². The number of alkyl halides is 6. The fraction of sp³-hybridized carbons (Fsp3) is 0.308. The second-order valence-electron chi connectivity index (χ2n) is 4.88. The summed E-state index contributed by atoms with van der Waals surface area (Å²) in [4.78, 5) is 14.2. The summed E-state index contributed by atoms with van der Waals surface area (Å²) in [5, 5.41) is 10.8. The van der Waals surface area contributed by atoms with Crippen LogP contribution in [0.1, 0.15) is 17.0 Å². The fourth-order valence-corrected chi connectivity index (χ4v) is 2.55. The normalized spacial score (nSPS) is 12.3. The molecule has 0 amide bonds. The minimum absolute atomic E-state index is 0.0764. The Balaban J connectivity index is 2.31. The van der Waals surface area contributed by atoms with Gasteiger partial charge in [0.15, 0.2) is 6.61 Å². The van der Waals surface area contributed by atoms with E-state index in [9.17, 15) is 10.1 Å². The first kappa shape index (κ1) is 20.7. The number of nitrogens with zero attached hydrogens (tertiary/aromatic N) is 3. The van der Waals surface area contributed by atoms with Crippen LogP contribution in [0.4, 0.5) is 5.82 Å². The van der Waals surface area contributed by atoms with Crippen molar-refractivity contribution in [3.05, 3.63) is 51.5 Å². The fourth-order valence-electron chi connectivity index (χ4n) is 1.90. The molecule has 6 nitrogen and oxygen atoms in total. The number of aromatic nitrogens is 2. The summed E-state index contributed by atoms with van der Waals surface area (Å²) < 4.78 is 3.35. The first-order valence-corrected chi connectivity index (χ1v) is 8.73. The summed E-state index contributed by atoms with van der Waals surface area (Å²) in [6, 6.07) is 4.35. The number of rotatable bonds is 4. The number of hydrogen-bond donors (Lipinski definition) is 0. The second-order valence-corrected chi connectivity index (χ2v) is 9.44. The van der Waals surface area contributed by atoms with Crippen LogP contribution in [0, 0.1) is 10.1 Å². The van der Waals surface area contributed by atoms with E-state index >= 15 is 0 Å². The van der Waals surface area contributed by atoms with Gasteiger partial charge in [-0.05, 0) is 23.1 Å². The molecule has 25 heavy (non-hydrogen) atoms. The van der Waals surface area contributed by atoms with Crippen molar-refractivity contribution in [2.24, 2.45) is 7.05 Å². The zero-order valence-corrected chi connectivity index (χ0v) is 16.9. The highest BCUT2D eigenvalue weighted by Crippen LogP contribution is 2.45. The summed E-state index contributed by atoms with van der Waals surface area (Å²) in [5.41, 5.74) is 0.476. The minimum atomic E-state index is -1.76. The summed E-state index contributed by atoms with van der Waals surface area (Å²) >= 11 is 35.3. The van der Waals surface area contributed by atoms with E-state index < -0.39 is 12.5 Å². The van der Waals surface area contributed by atoms with Crippen LogP contribution < -0.4 is 4.74 Å². The SMILES string of the molecule is Cn1c([N+](=O)[O-])cnc1COc1cc(C(Cl)(Cl)Cl)cc(C(Cl)(Cl)Cl)c1. The molecule has 0 bridgehead atoms. The lowest BCUT2D eigenvalue weighted by atomic mass is 10.1. The van der Waals surface area contributed by atoms with Gasteiger partial charge in [-0.15, -0.1) is 0 Å². The number of nitro groups is 1. The smallest absolute Gasteiger partial charge is 0.342 e. The standard InChI is InChI=1S/C13H9Cl6N3O3/c1-21-10(20-5-11(21)22(23)24)6-25-9-3-7(12(14,15)16)2-8(4-9)13(17,18)19/h2-5H,6H2,1H3. The number of ether oxygens (including phenoxy) is 1.